The normalized spacial score (nSPS) is 10.9. The van der Waals surface area contributed by atoms with Crippen LogP contribution in [-0.4, -0.2) is 22.3 Å². The van der Waals surface area contributed by atoms with E-state index in [1.165, 1.54) is 0 Å². The van der Waals surface area contributed by atoms with E-state index in [-0.39, 0.29) is 17.4 Å². The summed E-state index contributed by atoms with van der Waals surface area (Å²) in [5.74, 6) is -0.470. The van der Waals surface area contributed by atoms with Gasteiger partial charge in [0.25, 0.3) is 11.8 Å². The lowest BCUT2D eigenvalue weighted by Gasteiger charge is -2.20. The number of nitrogens with zero attached hydrogens (tertiary/aromatic N) is 1. The summed E-state index contributed by atoms with van der Waals surface area (Å²) in [5, 5.41) is 5.63. The first-order chi connectivity index (χ1) is 10.3. The predicted octanol–water partition coefficient (Wildman–Crippen LogP) is 2.86. The Morgan fingerprint density at radius 2 is 1.55 bits per heavy atom. The van der Waals surface area contributed by atoms with E-state index < -0.39 is 0 Å². The quantitative estimate of drug-likeness (QED) is 0.915. The number of pyridine rings is 1. The molecule has 0 radical (unpaired) electrons. The van der Waals surface area contributed by atoms with Crippen molar-refractivity contribution in [1.82, 2.24) is 10.3 Å². The number of amides is 2. The molecule has 2 N–H and O–H groups in total. The Balaban J connectivity index is 2.14. The summed E-state index contributed by atoms with van der Waals surface area (Å²) in [7, 11) is 0. The van der Waals surface area contributed by atoms with Crippen LogP contribution >= 0.6 is 0 Å². The monoisotopic (exact) mass is 297 g/mol. The molecule has 1 heterocycles. The Labute approximate surface area is 129 Å². The average Bonchev–Trinajstić information content (AvgIpc) is 2.46. The lowest BCUT2D eigenvalue weighted by molar-refractivity contribution is 0.0919. The zero-order chi connectivity index (χ0) is 16.2. The number of anilines is 1. The van der Waals surface area contributed by atoms with E-state index in [9.17, 15) is 9.59 Å². The summed E-state index contributed by atoms with van der Waals surface area (Å²) in [6, 6.07) is 10.0. The molecule has 0 atom stereocenters. The Bertz CT molecular complexity index is 676. The van der Waals surface area contributed by atoms with Crippen LogP contribution in [-0.2, 0) is 0 Å². The first-order valence-electron chi connectivity index (χ1n) is 6.99. The second kappa shape index (κ2) is 6.39. The van der Waals surface area contributed by atoms with Crippen LogP contribution < -0.4 is 10.6 Å². The number of carbonyl (C=O) groups is 2. The third kappa shape index (κ3) is 4.41. The van der Waals surface area contributed by atoms with E-state index in [0.29, 0.717) is 16.8 Å². The van der Waals surface area contributed by atoms with Gasteiger partial charge in [-0.05, 0) is 51.1 Å². The van der Waals surface area contributed by atoms with Crippen molar-refractivity contribution in [3.8, 4) is 0 Å². The summed E-state index contributed by atoms with van der Waals surface area (Å²) >= 11 is 0. The molecule has 2 rings (SSSR count). The fourth-order valence-corrected chi connectivity index (χ4v) is 1.85. The largest absolute Gasteiger partial charge is 0.347 e. The van der Waals surface area contributed by atoms with E-state index in [1.807, 2.05) is 20.8 Å². The molecule has 114 valence electrons. The van der Waals surface area contributed by atoms with Crippen LogP contribution in [0.3, 0.4) is 0 Å². The highest BCUT2D eigenvalue weighted by atomic mass is 16.2. The van der Waals surface area contributed by atoms with Crippen LogP contribution in [0.5, 0.6) is 0 Å². The van der Waals surface area contributed by atoms with E-state index >= 15 is 0 Å². The van der Waals surface area contributed by atoms with Gasteiger partial charge in [-0.1, -0.05) is 6.07 Å². The summed E-state index contributed by atoms with van der Waals surface area (Å²) in [4.78, 5) is 28.2. The van der Waals surface area contributed by atoms with Gasteiger partial charge < -0.3 is 10.6 Å². The van der Waals surface area contributed by atoms with Crippen molar-refractivity contribution < 1.29 is 9.59 Å². The summed E-state index contributed by atoms with van der Waals surface area (Å²) < 4.78 is 0. The van der Waals surface area contributed by atoms with Crippen molar-refractivity contribution in [3.63, 3.8) is 0 Å². The minimum atomic E-state index is -0.327. The molecule has 0 unspecified atom stereocenters. The number of carbonyl (C=O) groups excluding carboxylic acids is 2. The maximum absolute atomic E-state index is 12.2. The highest BCUT2D eigenvalue weighted by molar-refractivity contribution is 6.06. The fourth-order valence-electron chi connectivity index (χ4n) is 1.85. The van der Waals surface area contributed by atoms with Crippen molar-refractivity contribution in [2.75, 3.05) is 5.32 Å². The predicted molar refractivity (Wildman–Crippen MR) is 85.9 cm³/mol. The highest BCUT2D eigenvalue weighted by Gasteiger charge is 2.16. The maximum Gasteiger partial charge on any atom is 0.255 e. The van der Waals surface area contributed by atoms with Crippen molar-refractivity contribution in [1.29, 1.82) is 0 Å². The molecule has 0 saturated heterocycles. The number of nitrogens with one attached hydrogen (secondary N) is 2. The minimum Gasteiger partial charge on any atom is -0.347 e. The number of aromatic nitrogens is 1. The molecule has 0 fully saturated rings. The molecular weight excluding hydrogens is 278 g/mol. The molecule has 5 nitrogen and oxygen atoms in total. The van der Waals surface area contributed by atoms with Gasteiger partial charge in [0.2, 0.25) is 0 Å². The molecule has 0 aliphatic carbocycles. The second-order valence-corrected chi connectivity index (χ2v) is 5.97. The Hall–Kier alpha value is -2.69. The van der Waals surface area contributed by atoms with E-state index in [2.05, 4.69) is 15.6 Å². The first kappa shape index (κ1) is 15.7. The Kier molecular flexibility index (Phi) is 4.56. The first-order valence-corrected chi connectivity index (χ1v) is 6.99. The van der Waals surface area contributed by atoms with Crippen LogP contribution in [0.2, 0.25) is 0 Å². The topological polar surface area (TPSA) is 71.1 Å². The van der Waals surface area contributed by atoms with Gasteiger partial charge in [0, 0.05) is 34.7 Å². The van der Waals surface area contributed by atoms with E-state index in [1.54, 1.807) is 48.8 Å². The molecule has 1 aromatic carbocycles. The molecule has 22 heavy (non-hydrogen) atoms. The zero-order valence-corrected chi connectivity index (χ0v) is 12.9. The van der Waals surface area contributed by atoms with Crippen molar-refractivity contribution >= 4 is 17.5 Å². The number of rotatable bonds is 3. The summed E-state index contributed by atoms with van der Waals surface area (Å²) in [5.41, 5.74) is 1.21. The summed E-state index contributed by atoms with van der Waals surface area (Å²) in [6.45, 7) is 5.72. The van der Waals surface area contributed by atoms with Crippen LogP contribution in [0.4, 0.5) is 5.69 Å². The third-order valence-corrected chi connectivity index (χ3v) is 2.81. The van der Waals surface area contributed by atoms with Gasteiger partial charge in [-0.2, -0.15) is 0 Å². The molecule has 2 aromatic rings. The van der Waals surface area contributed by atoms with Gasteiger partial charge in [-0.3, -0.25) is 14.6 Å². The zero-order valence-electron chi connectivity index (χ0n) is 12.9. The molecule has 0 aliphatic rings. The van der Waals surface area contributed by atoms with E-state index in [4.69, 9.17) is 0 Å². The van der Waals surface area contributed by atoms with Gasteiger partial charge in [-0.25, -0.2) is 0 Å². The molecule has 1 aromatic heterocycles. The molecule has 5 heteroatoms. The smallest absolute Gasteiger partial charge is 0.255 e. The second-order valence-electron chi connectivity index (χ2n) is 5.97. The van der Waals surface area contributed by atoms with Crippen molar-refractivity contribution in [2.45, 2.75) is 26.3 Å². The molecule has 0 spiro atoms. The highest BCUT2D eigenvalue weighted by Crippen LogP contribution is 2.11. The standard InChI is InChI=1S/C17H19N3O2/c1-17(2,3)20-16(22)13-6-4-5-12(11-13)15(21)19-14-7-9-18-10-8-14/h4-11H,1-3H3,(H,20,22)(H,18,19,21). The third-order valence-electron chi connectivity index (χ3n) is 2.81. The lowest BCUT2D eigenvalue weighted by Crippen LogP contribution is -2.40. The van der Waals surface area contributed by atoms with E-state index in [0.717, 1.165) is 0 Å². The molecule has 0 aliphatic heterocycles. The van der Waals surface area contributed by atoms with Gasteiger partial charge >= 0.3 is 0 Å². The van der Waals surface area contributed by atoms with Gasteiger partial charge in [0.1, 0.15) is 0 Å². The van der Waals surface area contributed by atoms with Gasteiger partial charge in [-0.15, -0.1) is 0 Å². The Morgan fingerprint density at radius 1 is 0.955 bits per heavy atom. The van der Waals surface area contributed by atoms with Gasteiger partial charge in [0.15, 0.2) is 0 Å². The van der Waals surface area contributed by atoms with Crippen molar-refractivity contribution in [3.05, 3.63) is 59.9 Å². The Morgan fingerprint density at radius 3 is 2.14 bits per heavy atom. The van der Waals surface area contributed by atoms with Gasteiger partial charge in [0.05, 0.1) is 0 Å². The summed E-state index contributed by atoms with van der Waals surface area (Å²) in [6.07, 6.45) is 3.20. The maximum atomic E-state index is 12.2. The van der Waals surface area contributed by atoms with Crippen LogP contribution in [0.1, 0.15) is 41.5 Å². The molecule has 0 bridgehead atoms. The van der Waals surface area contributed by atoms with Crippen LogP contribution in [0.25, 0.3) is 0 Å². The minimum absolute atomic E-state index is 0.203. The number of hydrogen-bond donors (Lipinski definition) is 2. The lowest BCUT2D eigenvalue weighted by atomic mass is 10.1. The van der Waals surface area contributed by atoms with Crippen LogP contribution in [0.15, 0.2) is 48.8 Å². The number of hydrogen-bond acceptors (Lipinski definition) is 3. The number of benzene rings is 1. The van der Waals surface area contributed by atoms with Crippen LogP contribution in [0, 0.1) is 0 Å². The molecule has 0 saturated carbocycles. The molecule has 2 amide bonds. The van der Waals surface area contributed by atoms with Crippen molar-refractivity contribution in [2.24, 2.45) is 0 Å². The average molecular weight is 297 g/mol. The fraction of sp³-hybridized carbons (Fsp3) is 0.235. The SMILES string of the molecule is CC(C)(C)NC(=O)c1cccc(C(=O)Nc2ccncc2)c1. The molecular formula is C17H19N3O2.